The SMILES string of the molecule is COc1ccccc1-c1ccc(CO)cc1C(F)(F)F. The normalized spacial score (nSPS) is 11.4. The summed E-state index contributed by atoms with van der Waals surface area (Å²) in [6.45, 7) is -0.435. The van der Waals surface area contributed by atoms with Gasteiger partial charge in [0.1, 0.15) is 5.75 Å². The molecule has 0 heterocycles. The maximum absolute atomic E-state index is 13.2. The van der Waals surface area contributed by atoms with Gasteiger partial charge in [0, 0.05) is 5.56 Å². The molecule has 2 rings (SSSR count). The van der Waals surface area contributed by atoms with Gasteiger partial charge in [0.2, 0.25) is 0 Å². The fourth-order valence-electron chi connectivity index (χ4n) is 2.03. The van der Waals surface area contributed by atoms with Crippen LogP contribution in [0.1, 0.15) is 11.1 Å². The van der Waals surface area contributed by atoms with Crippen molar-refractivity contribution in [3.05, 3.63) is 53.6 Å². The van der Waals surface area contributed by atoms with Crippen molar-refractivity contribution in [2.24, 2.45) is 0 Å². The molecule has 2 aromatic rings. The van der Waals surface area contributed by atoms with Crippen LogP contribution in [0.5, 0.6) is 5.75 Å². The van der Waals surface area contributed by atoms with Gasteiger partial charge in [-0.05, 0) is 23.3 Å². The zero-order valence-corrected chi connectivity index (χ0v) is 10.7. The second kappa shape index (κ2) is 5.54. The number of benzene rings is 2. The van der Waals surface area contributed by atoms with E-state index in [1.165, 1.54) is 19.2 Å². The average Bonchev–Trinajstić information content (AvgIpc) is 2.45. The highest BCUT2D eigenvalue weighted by Gasteiger charge is 2.34. The van der Waals surface area contributed by atoms with Crippen molar-refractivity contribution in [1.29, 1.82) is 0 Å². The third-order valence-corrected chi connectivity index (χ3v) is 2.97. The van der Waals surface area contributed by atoms with Gasteiger partial charge in [-0.3, -0.25) is 0 Å². The van der Waals surface area contributed by atoms with Crippen molar-refractivity contribution in [2.75, 3.05) is 7.11 Å². The fraction of sp³-hybridized carbons (Fsp3) is 0.200. The molecule has 2 nitrogen and oxygen atoms in total. The lowest BCUT2D eigenvalue weighted by atomic mass is 9.96. The van der Waals surface area contributed by atoms with Crippen molar-refractivity contribution < 1.29 is 23.0 Å². The van der Waals surface area contributed by atoms with Gasteiger partial charge in [0.15, 0.2) is 0 Å². The Morgan fingerprint density at radius 1 is 1.05 bits per heavy atom. The van der Waals surface area contributed by atoms with E-state index in [1.807, 2.05) is 0 Å². The fourth-order valence-corrected chi connectivity index (χ4v) is 2.03. The largest absolute Gasteiger partial charge is 0.496 e. The van der Waals surface area contributed by atoms with Gasteiger partial charge in [0.05, 0.1) is 19.3 Å². The molecule has 0 fully saturated rings. The van der Waals surface area contributed by atoms with Gasteiger partial charge in [-0.15, -0.1) is 0 Å². The Morgan fingerprint density at radius 2 is 1.75 bits per heavy atom. The molecule has 2 aromatic carbocycles. The van der Waals surface area contributed by atoms with Gasteiger partial charge in [-0.25, -0.2) is 0 Å². The van der Waals surface area contributed by atoms with E-state index in [2.05, 4.69) is 0 Å². The highest BCUT2D eigenvalue weighted by molar-refractivity contribution is 5.74. The minimum atomic E-state index is -4.50. The first-order valence-corrected chi connectivity index (χ1v) is 5.91. The number of ether oxygens (including phenoxy) is 1. The van der Waals surface area contributed by atoms with Crippen molar-refractivity contribution in [3.63, 3.8) is 0 Å². The number of methoxy groups -OCH3 is 1. The summed E-state index contributed by atoms with van der Waals surface area (Å²) in [4.78, 5) is 0. The Hall–Kier alpha value is -2.01. The minimum Gasteiger partial charge on any atom is -0.496 e. The lowest BCUT2D eigenvalue weighted by molar-refractivity contribution is -0.137. The maximum atomic E-state index is 13.2. The van der Waals surface area contributed by atoms with E-state index >= 15 is 0 Å². The molecule has 0 amide bonds. The van der Waals surface area contributed by atoms with Crippen LogP contribution in [0.3, 0.4) is 0 Å². The molecule has 5 heteroatoms. The molecule has 20 heavy (non-hydrogen) atoms. The van der Waals surface area contributed by atoms with Gasteiger partial charge in [-0.1, -0.05) is 30.3 Å². The molecule has 0 unspecified atom stereocenters. The highest BCUT2D eigenvalue weighted by atomic mass is 19.4. The van der Waals surface area contributed by atoms with E-state index in [1.54, 1.807) is 24.3 Å². The number of hydrogen-bond donors (Lipinski definition) is 1. The maximum Gasteiger partial charge on any atom is 0.417 e. The van der Waals surface area contributed by atoms with Crippen LogP contribution in [-0.2, 0) is 12.8 Å². The number of para-hydroxylation sites is 1. The molecule has 0 radical (unpaired) electrons. The van der Waals surface area contributed by atoms with Crippen molar-refractivity contribution in [1.82, 2.24) is 0 Å². The summed E-state index contributed by atoms with van der Waals surface area (Å²) in [5.74, 6) is 0.370. The van der Waals surface area contributed by atoms with Crippen molar-refractivity contribution in [2.45, 2.75) is 12.8 Å². The number of aliphatic hydroxyl groups is 1. The Bertz CT molecular complexity index is 606. The van der Waals surface area contributed by atoms with Crippen LogP contribution in [0.4, 0.5) is 13.2 Å². The molecule has 0 aromatic heterocycles. The first-order chi connectivity index (χ1) is 9.47. The Kier molecular flexibility index (Phi) is 3.99. The summed E-state index contributed by atoms with van der Waals surface area (Å²) in [5, 5.41) is 9.00. The van der Waals surface area contributed by atoms with Crippen LogP contribution in [0.15, 0.2) is 42.5 Å². The van der Waals surface area contributed by atoms with Gasteiger partial charge >= 0.3 is 6.18 Å². The molecule has 1 N–H and O–H groups in total. The number of aliphatic hydroxyl groups excluding tert-OH is 1. The van der Waals surface area contributed by atoms with Gasteiger partial charge in [-0.2, -0.15) is 13.2 Å². The van der Waals surface area contributed by atoms with E-state index in [4.69, 9.17) is 9.84 Å². The minimum absolute atomic E-state index is 0.0344. The van der Waals surface area contributed by atoms with Gasteiger partial charge in [0.25, 0.3) is 0 Å². The zero-order chi connectivity index (χ0) is 14.8. The quantitative estimate of drug-likeness (QED) is 0.926. The Morgan fingerprint density at radius 3 is 2.35 bits per heavy atom. The third-order valence-electron chi connectivity index (χ3n) is 2.97. The third kappa shape index (κ3) is 2.77. The predicted octanol–water partition coefficient (Wildman–Crippen LogP) is 3.87. The monoisotopic (exact) mass is 282 g/mol. The molecular formula is C15H13F3O2. The topological polar surface area (TPSA) is 29.5 Å². The van der Waals surface area contributed by atoms with Crippen LogP contribution < -0.4 is 4.74 Å². The summed E-state index contributed by atoms with van der Waals surface area (Å²) < 4.78 is 44.6. The molecule has 0 aliphatic carbocycles. The van der Waals surface area contributed by atoms with Crippen molar-refractivity contribution >= 4 is 0 Å². The first-order valence-electron chi connectivity index (χ1n) is 5.91. The van der Waals surface area contributed by atoms with Crippen LogP contribution in [0, 0.1) is 0 Å². The van der Waals surface area contributed by atoms with Crippen LogP contribution in [0.2, 0.25) is 0 Å². The van der Waals surface area contributed by atoms with E-state index in [0.29, 0.717) is 11.3 Å². The number of rotatable bonds is 3. The van der Waals surface area contributed by atoms with E-state index in [9.17, 15) is 13.2 Å². The van der Waals surface area contributed by atoms with E-state index in [-0.39, 0.29) is 11.1 Å². The predicted molar refractivity (Wildman–Crippen MR) is 69.4 cm³/mol. The number of hydrogen-bond acceptors (Lipinski definition) is 2. The lowest BCUT2D eigenvalue weighted by Gasteiger charge is -2.16. The molecule has 0 bridgehead atoms. The molecule has 0 aliphatic heterocycles. The molecule has 0 saturated carbocycles. The number of halogens is 3. The molecule has 106 valence electrons. The Balaban J connectivity index is 2.67. The standard InChI is InChI=1S/C15H13F3O2/c1-20-14-5-3-2-4-12(14)11-7-6-10(9-19)8-13(11)15(16,17)18/h2-8,19H,9H2,1H3. The zero-order valence-electron chi connectivity index (χ0n) is 10.7. The molecular weight excluding hydrogens is 269 g/mol. The summed E-state index contributed by atoms with van der Waals surface area (Å²) in [7, 11) is 1.41. The van der Waals surface area contributed by atoms with E-state index < -0.39 is 18.3 Å². The van der Waals surface area contributed by atoms with Crippen LogP contribution >= 0.6 is 0 Å². The molecule has 0 saturated heterocycles. The van der Waals surface area contributed by atoms with Crippen LogP contribution in [-0.4, -0.2) is 12.2 Å². The second-order valence-electron chi connectivity index (χ2n) is 4.24. The van der Waals surface area contributed by atoms with Crippen molar-refractivity contribution in [3.8, 4) is 16.9 Å². The summed E-state index contributed by atoms with van der Waals surface area (Å²) in [6.07, 6.45) is -4.50. The lowest BCUT2D eigenvalue weighted by Crippen LogP contribution is -2.08. The smallest absolute Gasteiger partial charge is 0.417 e. The second-order valence-corrected chi connectivity index (χ2v) is 4.24. The average molecular weight is 282 g/mol. The van der Waals surface area contributed by atoms with Crippen LogP contribution in [0.25, 0.3) is 11.1 Å². The Labute approximate surface area is 114 Å². The van der Waals surface area contributed by atoms with Gasteiger partial charge < -0.3 is 9.84 Å². The molecule has 0 aliphatic rings. The number of alkyl halides is 3. The summed E-state index contributed by atoms with van der Waals surface area (Å²) in [6, 6.07) is 10.3. The summed E-state index contributed by atoms with van der Waals surface area (Å²) in [5.41, 5.74) is -0.163. The summed E-state index contributed by atoms with van der Waals surface area (Å²) >= 11 is 0. The molecule has 0 atom stereocenters. The molecule has 0 spiro atoms. The highest BCUT2D eigenvalue weighted by Crippen LogP contribution is 2.40. The van der Waals surface area contributed by atoms with E-state index in [0.717, 1.165) is 6.07 Å². The first kappa shape index (κ1) is 14.4.